The fourth-order valence-corrected chi connectivity index (χ4v) is 2.60. The number of piperazine rings is 1. The third-order valence-corrected chi connectivity index (χ3v) is 4.30. The number of benzene rings is 1. The molecule has 134 valence electrons. The number of hydrogen-bond acceptors (Lipinski definition) is 3. The van der Waals surface area contributed by atoms with Gasteiger partial charge in [0.25, 0.3) is 0 Å². The third kappa shape index (κ3) is 6.27. The van der Waals surface area contributed by atoms with Crippen LogP contribution in [0, 0.1) is 13.8 Å². The predicted molar refractivity (Wildman–Crippen MR) is 110 cm³/mol. The Bertz CT molecular complexity index is 582. The van der Waals surface area contributed by atoms with E-state index in [1.165, 1.54) is 11.1 Å². The number of nitrogens with one attached hydrogen (secondary N) is 1. The number of anilines is 1. The number of aryl methyl sites for hydroxylation is 2. The number of carbonyl (C=O) groups is 1. The Morgan fingerprint density at radius 2 is 1.88 bits per heavy atom. The summed E-state index contributed by atoms with van der Waals surface area (Å²) in [6.45, 7) is 10.7. The molecule has 1 aromatic carbocycles. The molecule has 0 atom stereocenters. The van der Waals surface area contributed by atoms with Gasteiger partial charge in [-0.25, -0.2) is 0 Å². The van der Waals surface area contributed by atoms with E-state index in [-0.39, 0.29) is 29.9 Å². The Balaban J connectivity index is 0.00000288. The molecule has 0 aromatic heterocycles. The highest BCUT2D eigenvalue weighted by Gasteiger charge is 2.17. The van der Waals surface area contributed by atoms with Gasteiger partial charge in [-0.2, -0.15) is 0 Å². The van der Waals surface area contributed by atoms with E-state index in [9.17, 15) is 4.79 Å². The van der Waals surface area contributed by atoms with Crippen LogP contribution in [0.3, 0.4) is 0 Å². The van der Waals surface area contributed by atoms with E-state index in [1.807, 2.05) is 11.0 Å². The van der Waals surface area contributed by atoms with E-state index in [2.05, 4.69) is 41.2 Å². The van der Waals surface area contributed by atoms with Crippen molar-refractivity contribution in [2.75, 3.05) is 44.6 Å². The number of guanidine groups is 1. The molecule has 1 heterocycles. The number of nitrogens with zero attached hydrogens (tertiary/aromatic N) is 3. The Hall–Kier alpha value is -1.35. The monoisotopic (exact) mass is 445 g/mol. The van der Waals surface area contributed by atoms with E-state index in [0.29, 0.717) is 12.5 Å². The van der Waals surface area contributed by atoms with E-state index in [1.54, 1.807) is 6.92 Å². The second-order valence-electron chi connectivity index (χ2n) is 6.04. The first kappa shape index (κ1) is 20.7. The maximum absolute atomic E-state index is 11.3. The minimum absolute atomic E-state index is 0. The number of halogens is 1. The van der Waals surface area contributed by atoms with Gasteiger partial charge in [0.05, 0.1) is 6.54 Å². The minimum atomic E-state index is 0. The molecule has 0 bridgehead atoms. The molecule has 24 heavy (non-hydrogen) atoms. The van der Waals surface area contributed by atoms with E-state index in [4.69, 9.17) is 5.73 Å². The molecule has 0 spiro atoms. The highest BCUT2D eigenvalue weighted by atomic mass is 127. The number of carbonyl (C=O) groups excluding carboxylic acids is 1. The van der Waals surface area contributed by atoms with Crippen LogP contribution in [0.1, 0.15) is 18.1 Å². The van der Waals surface area contributed by atoms with Gasteiger partial charge in [0, 0.05) is 45.3 Å². The normalized spacial score (nSPS) is 15.8. The summed E-state index contributed by atoms with van der Waals surface area (Å²) >= 11 is 0. The smallest absolute Gasteiger partial charge is 0.219 e. The van der Waals surface area contributed by atoms with Crippen LogP contribution in [0.25, 0.3) is 0 Å². The van der Waals surface area contributed by atoms with Gasteiger partial charge in [-0.3, -0.25) is 14.7 Å². The van der Waals surface area contributed by atoms with E-state index < -0.39 is 0 Å². The Morgan fingerprint density at radius 3 is 2.46 bits per heavy atom. The first-order valence-electron chi connectivity index (χ1n) is 8.08. The molecule has 1 saturated heterocycles. The predicted octanol–water partition coefficient (Wildman–Crippen LogP) is 1.81. The highest BCUT2D eigenvalue weighted by molar-refractivity contribution is 14.0. The van der Waals surface area contributed by atoms with Crippen LogP contribution < -0.4 is 11.1 Å². The van der Waals surface area contributed by atoms with Crippen molar-refractivity contribution in [1.82, 2.24) is 9.80 Å². The average molecular weight is 445 g/mol. The topological polar surface area (TPSA) is 74.0 Å². The standard InChI is InChI=1S/C17H27N5O.HI/c1-13-4-5-16(12-14(13)2)20-17(18)19-6-7-21-8-10-22(11-9-21)15(3)23;/h4-5,12H,6-11H2,1-3H3,(H3,18,19,20);1H. The maximum Gasteiger partial charge on any atom is 0.219 e. The van der Waals surface area contributed by atoms with Crippen molar-refractivity contribution in [1.29, 1.82) is 0 Å². The largest absolute Gasteiger partial charge is 0.370 e. The molecule has 2 rings (SSSR count). The molecule has 0 unspecified atom stereocenters. The lowest BCUT2D eigenvalue weighted by atomic mass is 10.1. The summed E-state index contributed by atoms with van der Waals surface area (Å²) in [5.74, 6) is 0.597. The second kappa shape index (κ2) is 9.83. The van der Waals surface area contributed by atoms with Crippen LogP contribution in [-0.4, -0.2) is 60.9 Å². The van der Waals surface area contributed by atoms with Crippen LogP contribution in [0.15, 0.2) is 23.2 Å². The maximum atomic E-state index is 11.3. The molecule has 0 radical (unpaired) electrons. The van der Waals surface area contributed by atoms with Crippen molar-refractivity contribution >= 4 is 41.5 Å². The van der Waals surface area contributed by atoms with Crippen molar-refractivity contribution in [3.05, 3.63) is 29.3 Å². The van der Waals surface area contributed by atoms with E-state index in [0.717, 1.165) is 38.4 Å². The summed E-state index contributed by atoms with van der Waals surface area (Å²) in [5.41, 5.74) is 9.39. The number of nitrogens with two attached hydrogens (primary N) is 1. The zero-order valence-electron chi connectivity index (χ0n) is 14.7. The summed E-state index contributed by atoms with van der Waals surface area (Å²) in [6.07, 6.45) is 0. The Labute approximate surface area is 161 Å². The lowest BCUT2D eigenvalue weighted by Crippen LogP contribution is -2.48. The molecular formula is C17H28IN5O. The Morgan fingerprint density at radius 1 is 1.21 bits per heavy atom. The van der Waals surface area contributed by atoms with Crippen molar-refractivity contribution < 1.29 is 4.79 Å². The van der Waals surface area contributed by atoms with Gasteiger partial charge < -0.3 is 16.0 Å². The molecule has 1 aliphatic rings. The van der Waals surface area contributed by atoms with Crippen LogP contribution >= 0.6 is 24.0 Å². The van der Waals surface area contributed by atoms with Crippen LogP contribution in [0.5, 0.6) is 0 Å². The number of amides is 1. The molecule has 0 aliphatic carbocycles. The van der Waals surface area contributed by atoms with Gasteiger partial charge >= 0.3 is 0 Å². The second-order valence-corrected chi connectivity index (χ2v) is 6.04. The lowest BCUT2D eigenvalue weighted by Gasteiger charge is -2.33. The van der Waals surface area contributed by atoms with E-state index >= 15 is 0 Å². The molecule has 1 fully saturated rings. The number of rotatable bonds is 4. The van der Waals surface area contributed by atoms with Crippen molar-refractivity contribution in [2.24, 2.45) is 10.7 Å². The van der Waals surface area contributed by atoms with Gasteiger partial charge in [0.15, 0.2) is 5.96 Å². The molecule has 1 amide bonds. The summed E-state index contributed by atoms with van der Waals surface area (Å²) in [4.78, 5) is 19.9. The molecular weight excluding hydrogens is 417 g/mol. The summed E-state index contributed by atoms with van der Waals surface area (Å²) in [5, 5.41) is 3.13. The van der Waals surface area contributed by atoms with Crippen LogP contribution in [-0.2, 0) is 4.79 Å². The molecule has 3 N–H and O–H groups in total. The van der Waals surface area contributed by atoms with Gasteiger partial charge in [-0.05, 0) is 37.1 Å². The van der Waals surface area contributed by atoms with Crippen molar-refractivity contribution in [3.63, 3.8) is 0 Å². The fraction of sp³-hybridized carbons (Fsp3) is 0.529. The average Bonchev–Trinajstić information content (AvgIpc) is 2.51. The quantitative estimate of drug-likeness (QED) is 0.421. The summed E-state index contributed by atoms with van der Waals surface area (Å²) < 4.78 is 0. The minimum Gasteiger partial charge on any atom is -0.370 e. The van der Waals surface area contributed by atoms with Gasteiger partial charge in [0.2, 0.25) is 5.91 Å². The lowest BCUT2D eigenvalue weighted by molar-refractivity contribution is -0.130. The van der Waals surface area contributed by atoms with Crippen LogP contribution in [0.2, 0.25) is 0 Å². The summed E-state index contributed by atoms with van der Waals surface area (Å²) in [6, 6.07) is 6.14. The molecule has 0 saturated carbocycles. The number of hydrogen-bond donors (Lipinski definition) is 2. The Kier molecular flexibility index (Phi) is 8.47. The van der Waals surface area contributed by atoms with Crippen molar-refractivity contribution in [2.45, 2.75) is 20.8 Å². The SMILES string of the molecule is CC(=O)N1CCN(CCN=C(N)Nc2ccc(C)c(C)c2)CC1.I. The molecule has 1 aliphatic heterocycles. The fourth-order valence-electron chi connectivity index (χ4n) is 2.60. The zero-order valence-corrected chi connectivity index (χ0v) is 17.0. The molecule has 6 nitrogen and oxygen atoms in total. The van der Waals surface area contributed by atoms with Gasteiger partial charge in [-0.15, -0.1) is 24.0 Å². The molecule has 1 aromatic rings. The van der Waals surface area contributed by atoms with Crippen LogP contribution in [0.4, 0.5) is 5.69 Å². The van der Waals surface area contributed by atoms with Gasteiger partial charge in [0.1, 0.15) is 0 Å². The number of aliphatic imine (C=N–C) groups is 1. The third-order valence-electron chi connectivity index (χ3n) is 4.30. The highest BCUT2D eigenvalue weighted by Crippen LogP contribution is 2.13. The van der Waals surface area contributed by atoms with Gasteiger partial charge in [-0.1, -0.05) is 6.07 Å². The first-order chi connectivity index (χ1) is 11.0. The zero-order chi connectivity index (χ0) is 16.8. The molecule has 7 heteroatoms. The summed E-state index contributed by atoms with van der Waals surface area (Å²) in [7, 11) is 0. The van der Waals surface area contributed by atoms with Crippen molar-refractivity contribution in [3.8, 4) is 0 Å². The first-order valence-corrected chi connectivity index (χ1v) is 8.08.